The van der Waals surface area contributed by atoms with Gasteiger partial charge in [-0.1, -0.05) is 55.8 Å². The third-order valence-corrected chi connectivity index (χ3v) is 4.11. The molecule has 1 atom stereocenters. The van der Waals surface area contributed by atoms with Crippen molar-refractivity contribution in [2.45, 2.75) is 32.4 Å². The summed E-state index contributed by atoms with van der Waals surface area (Å²) < 4.78 is 29.1. The second-order valence-electron chi connectivity index (χ2n) is 6.33. The van der Waals surface area contributed by atoms with Crippen LogP contribution in [0.4, 0.5) is 13.6 Å². The molecule has 3 N–H and O–H groups in total. The Bertz CT molecular complexity index is 771. The number of nitrogens with one attached hydrogen (secondary N) is 3. The molecule has 0 heterocycles. The lowest BCUT2D eigenvalue weighted by Gasteiger charge is -2.20. The highest BCUT2D eigenvalue weighted by atomic mass is 19.3. The van der Waals surface area contributed by atoms with Crippen LogP contribution >= 0.6 is 0 Å². The highest BCUT2D eigenvalue weighted by Gasteiger charge is 2.16. The fourth-order valence-corrected chi connectivity index (χ4v) is 2.70. The molecule has 0 saturated heterocycles. The Morgan fingerprint density at radius 2 is 1.66 bits per heavy atom. The molecule has 3 amide bonds. The molecule has 0 spiro atoms. The molecule has 0 aromatic heterocycles. The maximum absolute atomic E-state index is 12.3. The summed E-state index contributed by atoms with van der Waals surface area (Å²) in [6.07, 6.45) is 1.77. The van der Waals surface area contributed by atoms with E-state index in [-0.39, 0.29) is 18.3 Å². The number of imide groups is 1. The summed E-state index contributed by atoms with van der Waals surface area (Å²) >= 11 is 0. The van der Waals surface area contributed by atoms with Gasteiger partial charge in [-0.25, -0.2) is 4.79 Å². The average Bonchev–Trinajstić information content (AvgIpc) is 2.70. The van der Waals surface area contributed by atoms with Crippen molar-refractivity contribution in [1.29, 1.82) is 0 Å². The number of hydrogen-bond donors (Lipinski definition) is 3. The molecule has 2 aromatic carbocycles. The average molecular weight is 405 g/mol. The van der Waals surface area contributed by atoms with E-state index in [9.17, 15) is 18.4 Å². The van der Waals surface area contributed by atoms with E-state index in [1.807, 2.05) is 37.3 Å². The lowest BCUT2D eigenvalue weighted by atomic mass is 9.98. The molecule has 29 heavy (non-hydrogen) atoms. The molecule has 0 aliphatic rings. The maximum atomic E-state index is 12.3. The Hall–Kier alpha value is -3.00. The number of alkyl halides is 2. The molecule has 0 aliphatic heterocycles. The molecule has 0 saturated carbocycles. The molecular formula is C21H25F2N3O3. The van der Waals surface area contributed by atoms with E-state index >= 15 is 0 Å². The first kappa shape index (κ1) is 22.3. The molecule has 0 bridgehead atoms. The number of carbonyl (C=O) groups excluding carboxylic acids is 2. The second-order valence-corrected chi connectivity index (χ2v) is 6.33. The summed E-state index contributed by atoms with van der Waals surface area (Å²) in [4.78, 5) is 23.8. The lowest BCUT2D eigenvalue weighted by molar-refractivity contribution is -0.119. The smallest absolute Gasteiger partial charge is 0.387 e. The van der Waals surface area contributed by atoms with Gasteiger partial charge in [-0.05, 0) is 29.7 Å². The second kappa shape index (κ2) is 11.8. The normalized spacial score (nSPS) is 11.7. The van der Waals surface area contributed by atoms with Crippen LogP contribution in [-0.4, -0.2) is 31.6 Å². The van der Waals surface area contributed by atoms with E-state index in [2.05, 4.69) is 20.7 Å². The maximum Gasteiger partial charge on any atom is 0.387 e. The van der Waals surface area contributed by atoms with Gasteiger partial charge in [0.2, 0.25) is 5.91 Å². The highest BCUT2D eigenvalue weighted by molar-refractivity contribution is 5.95. The standard InChI is InChI=1S/C21H25F2N3O3/c1-2-3-13-24-21(28)26-18(27)14-25-19(15-7-5-4-6-8-15)16-9-11-17(12-10-16)29-20(22)23/h4-12,19-20,25H,2-3,13-14H2,1H3,(H2,24,26,27,28)/t19-/m1/s1. The van der Waals surface area contributed by atoms with Crippen LogP contribution in [0.1, 0.15) is 36.9 Å². The number of unbranched alkanes of at least 4 members (excludes halogenated alkanes) is 1. The Morgan fingerprint density at radius 3 is 2.28 bits per heavy atom. The third-order valence-electron chi connectivity index (χ3n) is 4.11. The topological polar surface area (TPSA) is 79.5 Å². The van der Waals surface area contributed by atoms with E-state index in [0.29, 0.717) is 6.54 Å². The van der Waals surface area contributed by atoms with E-state index in [1.54, 1.807) is 12.1 Å². The van der Waals surface area contributed by atoms with Crippen molar-refractivity contribution in [2.24, 2.45) is 0 Å². The number of urea groups is 1. The van der Waals surface area contributed by atoms with Gasteiger partial charge in [0.15, 0.2) is 0 Å². The van der Waals surface area contributed by atoms with Gasteiger partial charge < -0.3 is 10.1 Å². The van der Waals surface area contributed by atoms with E-state index in [4.69, 9.17) is 0 Å². The van der Waals surface area contributed by atoms with E-state index < -0.39 is 18.5 Å². The van der Waals surface area contributed by atoms with Crippen molar-refractivity contribution in [3.63, 3.8) is 0 Å². The third kappa shape index (κ3) is 7.87. The molecule has 2 rings (SSSR count). The molecule has 6 nitrogen and oxygen atoms in total. The first-order chi connectivity index (χ1) is 14.0. The highest BCUT2D eigenvalue weighted by Crippen LogP contribution is 2.24. The minimum atomic E-state index is -2.89. The first-order valence-corrected chi connectivity index (χ1v) is 9.40. The van der Waals surface area contributed by atoms with Crippen LogP contribution in [0.5, 0.6) is 5.75 Å². The Kier molecular flexibility index (Phi) is 9.04. The minimum Gasteiger partial charge on any atom is -0.435 e. The summed E-state index contributed by atoms with van der Waals surface area (Å²) in [7, 11) is 0. The van der Waals surface area contributed by atoms with Crippen molar-refractivity contribution < 1.29 is 23.1 Å². The predicted octanol–water partition coefficient (Wildman–Crippen LogP) is 3.59. The Labute approximate surface area is 168 Å². The van der Waals surface area contributed by atoms with Gasteiger partial charge in [0.25, 0.3) is 0 Å². The van der Waals surface area contributed by atoms with Gasteiger partial charge in [-0.2, -0.15) is 8.78 Å². The summed E-state index contributed by atoms with van der Waals surface area (Å²) in [6.45, 7) is -0.486. The van der Waals surface area contributed by atoms with Gasteiger partial charge in [0.1, 0.15) is 5.75 Å². The summed E-state index contributed by atoms with van der Waals surface area (Å²) in [5, 5.41) is 7.99. The summed E-state index contributed by atoms with van der Waals surface area (Å²) in [5.74, 6) is -0.422. The zero-order valence-electron chi connectivity index (χ0n) is 16.2. The number of ether oxygens (including phenoxy) is 1. The number of benzene rings is 2. The van der Waals surface area contributed by atoms with Gasteiger partial charge in [-0.15, -0.1) is 0 Å². The molecular weight excluding hydrogens is 380 g/mol. The number of amides is 3. The van der Waals surface area contributed by atoms with Crippen LogP contribution in [0.3, 0.4) is 0 Å². The van der Waals surface area contributed by atoms with Crippen molar-refractivity contribution in [3.05, 3.63) is 65.7 Å². The van der Waals surface area contributed by atoms with Crippen LogP contribution in [0.2, 0.25) is 0 Å². The van der Waals surface area contributed by atoms with Gasteiger partial charge in [0.05, 0.1) is 12.6 Å². The largest absolute Gasteiger partial charge is 0.435 e. The first-order valence-electron chi connectivity index (χ1n) is 9.40. The monoisotopic (exact) mass is 405 g/mol. The van der Waals surface area contributed by atoms with Crippen LogP contribution in [0.15, 0.2) is 54.6 Å². The molecule has 8 heteroatoms. The molecule has 0 unspecified atom stereocenters. The van der Waals surface area contributed by atoms with Crippen molar-refractivity contribution in [3.8, 4) is 5.75 Å². The summed E-state index contributed by atoms with van der Waals surface area (Å²) in [6, 6.07) is 14.6. The molecule has 156 valence electrons. The van der Waals surface area contributed by atoms with Crippen molar-refractivity contribution >= 4 is 11.9 Å². The zero-order valence-corrected chi connectivity index (χ0v) is 16.2. The molecule has 0 fully saturated rings. The number of hydrogen-bond acceptors (Lipinski definition) is 4. The fraction of sp³-hybridized carbons (Fsp3) is 0.333. The van der Waals surface area contributed by atoms with Crippen LogP contribution < -0.4 is 20.7 Å². The van der Waals surface area contributed by atoms with E-state index in [1.165, 1.54) is 12.1 Å². The molecule has 2 aromatic rings. The number of halogens is 2. The Balaban J connectivity index is 2.02. The predicted molar refractivity (Wildman–Crippen MR) is 106 cm³/mol. The quantitative estimate of drug-likeness (QED) is 0.528. The fourth-order valence-electron chi connectivity index (χ4n) is 2.70. The van der Waals surface area contributed by atoms with Crippen molar-refractivity contribution in [1.82, 2.24) is 16.0 Å². The Morgan fingerprint density at radius 1 is 1.00 bits per heavy atom. The van der Waals surface area contributed by atoms with Gasteiger partial charge in [-0.3, -0.25) is 15.4 Å². The van der Waals surface area contributed by atoms with Crippen LogP contribution in [0, 0.1) is 0 Å². The zero-order chi connectivity index (χ0) is 21.1. The van der Waals surface area contributed by atoms with Crippen molar-refractivity contribution in [2.75, 3.05) is 13.1 Å². The van der Waals surface area contributed by atoms with Crippen LogP contribution in [-0.2, 0) is 4.79 Å². The summed E-state index contributed by atoms with van der Waals surface area (Å²) in [5.41, 5.74) is 1.65. The SMILES string of the molecule is CCCCNC(=O)NC(=O)CN[C@H](c1ccccc1)c1ccc(OC(F)F)cc1. The van der Waals surface area contributed by atoms with Gasteiger partial charge >= 0.3 is 12.6 Å². The molecule has 0 radical (unpaired) electrons. The van der Waals surface area contributed by atoms with E-state index in [0.717, 1.165) is 24.0 Å². The number of rotatable bonds is 10. The number of carbonyl (C=O) groups is 2. The molecule has 0 aliphatic carbocycles. The van der Waals surface area contributed by atoms with Crippen LogP contribution in [0.25, 0.3) is 0 Å². The lowest BCUT2D eigenvalue weighted by Crippen LogP contribution is -2.44. The van der Waals surface area contributed by atoms with Gasteiger partial charge in [0, 0.05) is 6.54 Å². The minimum absolute atomic E-state index is 0.0528.